The van der Waals surface area contributed by atoms with Crippen molar-refractivity contribution in [2.75, 3.05) is 65.6 Å². The molecule has 12 heteroatoms. The molecule has 0 saturated carbocycles. The summed E-state index contributed by atoms with van der Waals surface area (Å²) in [6, 6.07) is -0.968. The van der Waals surface area contributed by atoms with Crippen molar-refractivity contribution < 1.29 is 38.5 Å². The first-order valence-corrected chi connectivity index (χ1v) is 14.4. The third-order valence-electron chi connectivity index (χ3n) is 8.47. The summed E-state index contributed by atoms with van der Waals surface area (Å²) >= 11 is 0. The molecule has 0 aromatic heterocycles. The third kappa shape index (κ3) is 5.54. The zero-order valence-electron chi connectivity index (χ0n) is 23.0. The predicted molar refractivity (Wildman–Crippen MR) is 142 cm³/mol. The van der Waals surface area contributed by atoms with Gasteiger partial charge < -0.3 is 34.4 Å². The number of nitrogens with zero attached hydrogens (tertiary/aromatic N) is 3. The molecular formula is C28H40N4O8. The van der Waals surface area contributed by atoms with Gasteiger partial charge in [0.1, 0.15) is 23.7 Å². The number of rotatable bonds is 6. The van der Waals surface area contributed by atoms with E-state index in [0.717, 1.165) is 13.1 Å². The molecule has 1 spiro atoms. The second-order valence-electron chi connectivity index (χ2n) is 11.1. The molecule has 0 aliphatic carbocycles. The van der Waals surface area contributed by atoms with Crippen LogP contribution in [0.5, 0.6) is 0 Å². The number of aliphatic hydroxyl groups excluding tert-OH is 1. The van der Waals surface area contributed by atoms with Crippen molar-refractivity contribution in [3.05, 3.63) is 24.3 Å². The van der Waals surface area contributed by atoms with E-state index in [1.165, 1.54) is 4.90 Å². The lowest BCUT2D eigenvalue weighted by Gasteiger charge is -2.37. The van der Waals surface area contributed by atoms with Gasteiger partial charge in [0.15, 0.2) is 0 Å². The molecule has 5 aliphatic rings. The quantitative estimate of drug-likeness (QED) is 0.312. The first-order valence-electron chi connectivity index (χ1n) is 14.4. The van der Waals surface area contributed by atoms with E-state index in [0.29, 0.717) is 45.7 Å². The summed E-state index contributed by atoms with van der Waals surface area (Å²) < 4.78 is 17.5. The van der Waals surface area contributed by atoms with Gasteiger partial charge in [-0.1, -0.05) is 24.3 Å². The van der Waals surface area contributed by atoms with Crippen molar-refractivity contribution in [3.8, 4) is 0 Å². The molecule has 40 heavy (non-hydrogen) atoms. The van der Waals surface area contributed by atoms with Crippen molar-refractivity contribution in [2.24, 2.45) is 11.8 Å². The fourth-order valence-electron chi connectivity index (χ4n) is 6.45. The Kier molecular flexibility index (Phi) is 8.89. The zero-order chi connectivity index (χ0) is 28.3. The lowest BCUT2D eigenvalue weighted by Crippen LogP contribution is -2.57. The van der Waals surface area contributed by atoms with Crippen LogP contribution in [0.2, 0.25) is 0 Å². The summed E-state index contributed by atoms with van der Waals surface area (Å²) in [5, 5.41) is 12.4. The van der Waals surface area contributed by atoms with Crippen molar-refractivity contribution in [2.45, 2.75) is 50.0 Å². The van der Waals surface area contributed by atoms with Crippen LogP contribution in [0.25, 0.3) is 0 Å². The summed E-state index contributed by atoms with van der Waals surface area (Å²) in [7, 11) is 0. The lowest BCUT2D eigenvalue weighted by molar-refractivity contribution is -0.158. The van der Waals surface area contributed by atoms with Gasteiger partial charge in [-0.15, -0.1) is 0 Å². The van der Waals surface area contributed by atoms with E-state index in [4.69, 9.17) is 14.2 Å². The number of amides is 3. The molecule has 220 valence electrons. The minimum Gasteiger partial charge on any atom is -0.460 e. The summed E-state index contributed by atoms with van der Waals surface area (Å²) in [6.45, 7) is 6.09. The van der Waals surface area contributed by atoms with Gasteiger partial charge in [0.05, 0.1) is 31.8 Å². The molecule has 0 unspecified atom stereocenters. The van der Waals surface area contributed by atoms with Crippen LogP contribution < -0.4 is 5.32 Å². The fourth-order valence-corrected chi connectivity index (χ4v) is 6.45. The molecule has 0 radical (unpaired) electrons. The zero-order valence-corrected chi connectivity index (χ0v) is 23.0. The lowest BCUT2D eigenvalue weighted by atomic mass is 9.74. The van der Waals surface area contributed by atoms with Gasteiger partial charge in [0.2, 0.25) is 17.7 Å². The summed E-state index contributed by atoms with van der Waals surface area (Å²) in [4.78, 5) is 59.5. The second-order valence-corrected chi connectivity index (χ2v) is 11.1. The van der Waals surface area contributed by atoms with Crippen LogP contribution in [0, 0.1) is 11.8 Å². The highest BCUT2D eigenvalue weighted by atomic mass is 16.6. The van der Waals surface area contributed by atoms with Gasteiger partial charge in [-0.25, -0.2) is 0 Å². The second kappa shape index (κ2) is 12.4. The number of carbonyl (C=O) groups excluding carboxylic acids is 4. The molecule has 5 bridgehead atoms. The van der Waals surface area contributed by atoms with Crippen LogP contribution in [-0.4, -0.2) is 133 Å². The Morgan fingerprint density at radius 1 is 1.07 bits per heavy atom. The maximum absolute atomic E-state index is 14.4. The number of morpholine rings is 1. The third-order valence-corrected chi connectivity index (χ3v) is 8.47. The average molecular weight is 561 g/mol. The van der Waals surface area contributed by atoms with E-state index in [9.17, 15) is 24.3 Å². The van der Waals surface area contributed by atoms with Crippen molar-refractivity contribution >= 4 is 23.7 Å². The number of hydrogen-bond donors (Lipinski definition) is 2. The van der Waals surface area contributed by atoms with E-state index in [1.54, 1.807) is 24.0 Å². The predicted octanol–water partition coefficient (Wildman–Crippen LogP) is -0.922. The smallest absolute Gasteiger partial charge is 0.313 e. The molecule has 3 fully saturated rings. The molecule has 2 N–H and O–H groups in total. The van der Waals surface area contributed by atoms with Crippen molar-refractivity contribution in [1.29, 1.82) is 0 Å². The van der Waals surface area contributed by atoms with Crippen LogP contribution in [0.3, 0.4) is 0 Å². The van der Waals surface area contributed by atoms with E-state index in [1.807, 2.05) is 12.2 Å². The van der Waals surface area contributed by atoms with Gasteiger partial charge in [-0.05, 0) is 19.8 Å². The monoisotopic (exact) mass is 560 g/mol. The van der Waals surface area contributed by atoms with Gasteiger partial charge in [0, 0.05) is 52.3 Å². The number of esters is 1. The highest BCUT2D eigenvalue weighted by Gasteiger charge is 2.73. The van der Waals surface area contributed by atoms with Crippen LogP contribution >= 0.6 is 0 Å². The Labute approximate surface area is 234 Å². The van der Waals surface area contributed by atoms with Gasteiger partial charge in [-0.3, -0.25) is 24.1 Å². The average Bonchev–Trinajstić information content (AvgIpc) is 3.59. The molecule has 5 rings (SSSR count). The topological polar surface area (TPSA) is 138 Å². The Balaban J connectivity index is 1.47. The summed E-state index contributed by atoms with van der Waals surface area (Å²) in [6.07, 6.45) is 7.09. The van der Waals surface area contributed by atoms with Crippen LogP contribution in [0.4, 0.5) is 0 Å². The van der Waals surface area contributed by atoms with Crippen molar-refractivity contribution in [3.63, 3.8) is 0 Å². The van der Waals surface area contributed by atoms with Crippen LogP contribution in [0.1, 0.15) is 26.2 Å². The normalized spacial score (nSPS) is 36.1. The number of hydrogen-bond acceptors (Lipinski definition) is 9. The standard InChI is InChI=1S/C28H40N4O8/c1-19-18-29-21(34)6-3-2-4-9-31(12-11-30-13-16-38-17-14-30)26(36)24-28-8-7-20(40-28)22(27(37)39-19)23(28)25(35)32(24)10-5-15-33/h2,4,7-8,19-20,22-24,33H,3,5-6,9-18H2,1H3,(H,29,34)/b4-2-/t19-,20+,22-,23-,24+,28-/m1/s1. The largest absolute Gasteiger partial charge is 0.460 e. The van der Waals surface area contributed by atoms with E-state index < -0.39 is 41.7 Å². The number of likely N-dealkylation sites (tertiary alicyclic amines) is 1. The number of allylic oxidation sites excluding steroid dienone is 1. The fraction of sp³-hybridized carbons (Fsp3) is 0.714. The number of ether oxygens (including phenoxy) is 3. The minimum absolute atomic E-state index is 0.139. The molecule has 12 nitrogen and oxygen atoms in total. The Morgan fingerprint density at radius 3 is 2.65 bits per heavy atom. The van der Waals surface area contributed by atoms with Gasteiger partial charge >= 0.3 is 5.97 Å². The van der Waals surface area contributed by atoms with Gasteiger partial charge in [-0.2, -0.15) is 0 Å². The Morgan fingerprint density at radius 2 is 1.88 bits per heavy atom. The first kappa shape index (κ1) is 28.7. The van der Waals surface area contributed by atoms with E-state index in [2.05, 4.69) is 10.2 Å². The van der Waals surface area contributed by atoms with Crippen LogP contribution in [0.15, 0.2) is 24.3 Å². The molecule has 0 aromatic carbocycles. The molecule has 0 aromatic rings. The molecular weight excluding hydrogens is 520 g/mol. The van der Waals surface area contributed by atoms with E-state index >= 15 is 0 Å². The number of cyclic esters (lactones) is 1. The van der Waals surface area contributed by atoms with Gasteiger partial charge in [0.25, 0.3) is 0 Å². The molecule has 3 amide bonds. The highest BCUT2D eigenvalue weighted by Crippen LogP contribution is 2.55. The van der Waals surface area contributed by atoms with Crippen molar-refractivity contribution in [1.82, 2.24) is 20.0 Å². The maximum atomic E-state index is 14.4. The molecule has 5 aliphatic heterocycles. The SMILES string of the molecule is C[C@@H]1CNC(=O)CC/C=C\CN(CCN2CCOCC2)C(=O)[C@@H]2N(CCCO)C(=O)[C@H]3[C@H](C(=O)O1)[C@@H]1C=C[C@]23O1. The molecule has 5 heterocycles. The van der Waals surface area contributed by atoms with E-state index in [-0.39, 0.29) is 43.8 Å². The summed E-state index contributed by atoms with van der Waals surface area (Å²) in [5.41, 5.74) is -1.29. The molecule has 3 saturated heterocycles. The summed E-state index contributed by atoms with van der Waals surface area (Å²) in [5.74, 6) is -3.15. The maximum Gasteiger partial charge on any atom is 0.313 e. The minimum atomic E-state index is -1.29. The molecule has 6 atom stereocenters. The first-order chi connectivity index (χ1) is 19.4. The Bertz CT molecular complexity index is 1040. The number of nitrogens with one attached hydrogen (secondary N) is 1. The number of fused-ring (bicyclic) bond motifs is 2. The van der Waals surface area contributed by atoms with Crippen LogP contribution in [-0.2, 0) is 33.4 Å². The number of carbonyl (C=O) groups is 4. The Hall–Kier alpha value is -2.80. The number of aliphatic hydroxyl groups is 1. The highest BCUT2D eigenvalue weighted by molar-refractivity contribution is 5.99.